The number of nitrogens with one attached hydrogen (secondary N) is 1. The van der Waals surface area contributed by atoms with Crippen molar-refractivity contribution in [3.8, 4) is 0 Å². The standard InChI is InChI=1S/C19H19N3O3/c1-12-6-7-14(19(24)25-3)9-16(12)20-11-15-10-17(23)22-8-4-5-13(2)18(22)21-15/h4-10,20H,11H2,1-3H3. The van der Waals surface area contributed by atoms with Crippen molar-refractivity contribution in [2.75, 3.05) is 12.4 Å². The molecule has 6 heteroatoms. The first-order valence-electron chi connectivity index (χ1n) is 7.90. The maximum atomic E-state index is 12.2. The summed E-state index contributed by atoms with van der Waals surface area (Å²) in [7, 11) is 1.35. The fourth-order valence-electron chi connectivity index (χ4n) is 2.64. The van der Waals surface area contributed by atoms with Crippen LogP contribution in [-0.4, -0.2) is 22.5 Å². The number of carbonyl (C=O) groups is 1. The van der Waals surface area contributed by atoms with Gasteiger partial charge in [0.25, 0.3) is 5.56 Å². The molecular weight excluding hydrogens is 318 g/mol. The lowest BCUT2D eigenvalue weighted by molar-refractivity contribution is 0.0601. The van der Waals surface area contributed by atoms with E-state index in [0.29, 0.717) is 23.4 Å². The van der Waals surface area contributed by atoms with Gasteiger partial charge in [-0.2, -0.15) is 0 Å². The molecule has 0 saturated carbocycles. The lowest BCUT2D eigenvalue weighted by Crippen LogP contribution is -2.17. The number of anilines is 1. The van der Waals surface area contributed by atoms with Gasteiger partial charge < -0.3 is 10.1 Å². The van der Waals surface area contributed by atoms with Crippen LogP contribution in [0.1, 0.15) is 27.2 Å². The van der Waals surface area contributed by atoms with Crippen LogP contribution in [0.3, 0.4) is 0 Å². The van der Waals surface area contributed by atoms with E-state index in [1.807, 2.05) is 32.0 Å². The summed E-state index contributed by atoms with van der Waals surface area (Å²) in [6.07, 6.45) is 1.71. The number of ether oxygens (including phenoxy) is 1. The van der Waals surface area contributed by atoms with E-state index in [9.17, 15) is 9.59 Å². The molecule has 0 aliphatic carbocycles. The predicted molar refractivity (Wildman–Crippen MR) is 96.0 cm³/mol. The number of aryl methyl sites for hydroxylation is 2. The van der Waals surface area contributed by atoms with Crippen LogP contribution in [0, 0.1) is 13.8 Å². The largest absolute Gasteiger partial charge is 0.465 e. The summed E-state index contributed by atoms with van der Waals surface area (Å²) in [5.41, 5.74) is 4.36. The molecule has 0 bridgehead atoms. The number of carbonyl (C=O) groups excluding carboxylic acids is 1. The molecule has 0 aliphatic rings. The number of hydrogen-bond donors (Lipinski definition) is 1. The molecule has 25 heavy (non-hydrogen) atoms. The molecule has 0 unspecified atom stereocenters. The second-order valence-electron chi connectivity index (χ2n) is 5.85. The number of benzene rings is 1. The first-order chi connectivity index (χ1) is 12.0. The number of hydrogen-bond acceptors (Lipinski definition) is 5. The molecular formula is C19H19N3O3. The molecule has 0 spiro atoms. The number of aromatic nitrogens is 2. The van der Waals surface area contributed by atoms with Gasteiger partial charge in [0, 0.05) is 18.0 Å². The van der Waals surface area contributed by atoms with E-state index >= 15 is 0 Å². The van der Waals surface area contributed by atoms with Gasteiger partial charge in [-0.3, -0.25) is 9.20 Å². The van der Waals surface area contributed by atoms with Crippen LogP contribution in [0.15, 0.2) is 47.4 Å². The Morgan fingerprint density at radius 1 is 1.20 bits per heavy atom. The SMILES string of the molecule is COC(=O)c1ccc(C)c(NCc2cc(=O)n3cccc(C)c3n2)c1. The Morgan fingerprint density at radius 3 is 2.76 bits per heavy atom. The van der Waals surface area contributed by atoms with Crippen LogP contribution in [0.4, 0.5) is 5.69 Å². The van der Waals surface area contributed by atoms with Crippen LogP contribution >= 0.6 is 0 Å². The monoisotopic (exact) mass is 337 g/mol. The molecule has 3 rings (SSSR count). The zero-order valence-electron chi connectivity index (χ0n) is 14.4. The smallest absolute Gasteiger partial charge is 0.337 e. The van der Waals surface area contributed by atoms with Crippen LogP contribution in [0.5, 0.6) is 0 Å². The lowest BCUT2D eigenvalue weighted by Gasteiger charge is -2.11. The number of nitrogens with zero attached hydrogens (tertiary/aromatic N) is 2. The Kier molecular flexibility index (Phi) is 4.52. The van der Waals surface area contributed by atoms with E-state index in [4.69, 9.17) is 4.74 Å². The summed E-state index contributed by atoms with van der Waals surface area (Å²) in [6, 6.07) is 10.6. The number of pyridine rings is 1. The maximum absolute atomic E-state index is 12.2. The number of methoxy groups -OCH3 is 1. The highest BCUT2D eigenvalue weighted by Crippen LogP contribution is 2.18. The molecule has 1 N–H and O–H groups in total. The second kappa shape index (κ2) is 6.76. The van der Waals surface area contributed by atoms with Crippen molar-refractivity contribution in [2.24, 2.45) is 0 Å². The quantitative estimate of drug-likeness (QED) is 0.741. The Balaban J connectivity index is 1.89. The highest BCUT2D eigenvalue weighted by molar-refractivity contribution is 5.90. The van der Waals surface area contributed by atoms with E-state index in [1.165, 1.54) is 17.6 Å². The van der Waals surface area contributed by atoms with Gasteiger partial charge in [-0.05, 0) is 43.2 Å². The minimum absolute atomic E-state index is 0.120. The fraction of sp³-hybridized carbons (Fsp3) is 0.211. The van der Waals surface area contributed by atoms with Gasteiger partial charge in [0.15, 0.2) is 0 Å². The van der Waals surface area contributed by atoms with Gasteiger partial charge >= 0.3 is 5.97 Å². The Bertz CT molecular complexity index is 1010. The fourth-order valence-corrected chi connectivity index (χ4v) is 2.64. The molecule has 0 saturated heterocycles. The van der Waals surface area contributed by atoms with Crippen LogP contribution in [0.2, 0.25) is 0 Å². The van der Waals surface area contributed by atoms with Crippen LogP contribution in [-0.2, 0) is 11.3 Å². The van der Waals surface area contributed by atoms with E-state index in [2.05, 4.69) is 10.3 Å². The summed E-state index contributed by atoms with van der Waals surface area (Å²) < 4.78 is 6.28. The minimum atomic E-state index is -0.388. The summed E-state index contributed by atoms with van der Waals surface area (Å²) >= 11 is 0. The van der Waals surface area contributed by atoms with Gasteiger partial charge in [-0.25, -0.2) is 9.78 Å². The van der Waals surface area contributed by atoms with E-state index in [1.54, 1.807) is 18.3 Å². The van der Waals surface area contributed by atoms with Crippen LogP contribution in [0.25, 0.3) is 5.65 Å². The van der Waals surface area contributed by atoms with Gasteiger partial charge in [0.05, 0.1) is 24.9 Å². The van der Waals surface area contributed by atoms with E-state index < -0.39 is 0 Å². The molecule has 0 atom stereocenters. The molecule has 2 aromatic heterocycles. The lowest BCUT2D eigenvalue weighted by atomic mass is 10.1. The third kappa shape index (κ3) is 3.38. The summed E-state index contributed by atoms with van der Waals surface area (Å²) in [6.45, 7) is 4.24. The molecule has 0 amide bonds. The van der Waals surface area contributed by atoms with Gasteiger partial charge in [-0.15, -0.1) is 0 Å². The van der Waals surface area contributed by atoms with Crippen LogP contribution < -0.4 is 10.9 Å². The highest BCUT2D eigenvalue weighted by atomic mass is 16.5. The van der Waals surface area contributed by atoms with Crippen molar-refractivity contribution in [3.05, 3.63) is 75.3 Å². The highest BCUT2D eigenvalue weighted by Gasteiger charge is 2.09. The normalized spacial score (nSPS) is 10.7. The zero-order chi connectivity index (χ0) is 18.0. The molecule has 2 heterocycles. The molecule has 1 aromatic carbocycles. The first kappa shape index (κ1) is 16.7. The molecule has 0 radical (unpaired) electrons. The first-order valence-corrected chi connectivity index (χ1v) is 7.90. The minimum Gasteiger partial charge on any atom is -0.465 e. The number of rotatable bonds is 4. The second-order valence-corrected chi connectivity index (χ2v) is 5.85. The predicted octanol–water partition coefficient (Wildman–Crippen LogP) is 2.71. The third-order valence-corrected chi connectivity index (χ3v) is 4.06. The van der Waals surface area contributed by atoms with Crippen molar-refractivity contribution in [3.63, 3.8) is 0 Å². The average Bonchev–Trinajstić information content (AvgIpc) is 2.61. The maximum Gasteiger partial charge on any atom is 0.337 e. The molecule has 6 nitrogen and oxygen atoms in total. The zero-order valence-corrected chi connectivity index (χ0v) is 14.4. The third-order valence-electron chi connectivity index (χ3n) is 4.06. The summed E-state index contributed by atoms with van der Waals surface area (Å²) in [5.74, 6) is -0.388. The topological polar surface area (TPSA) is 72.7 Å². The Labute approximate surface area is 145 Å². The Hall–Kier alpha value is -3.15. The Morgan fingerprint density at radius 2 is 2.00 bits per heavy atom. The molecule has 0 aliphatic heterocycles. The van der Waals surface area contributed by atoms with Gasteiger partial charge in [0.1, 0.15) is 5.65 Å². The van der Waals surface area contributed by atoms with E-state index in [-0.39, 0.29) is 11.5 Å². The average molecular weight is 337 g/mol. The van der Waals surface area contributed by atoms with Gasteiger partial charge in [-0.1, -0.05) is 12.1 Å². The van der Waals surface area contributed by atoms with Crippen molar-refractivity contribution in [1.82, 2.24) is 9.38 Å². The molecule has 128 valence electrons. The van der Waals surface area contributed by atoms with Crippen molar-refractivity contribution < 1.29 is 9.53 Å². The van der Waals surface area contributed by atoms with Crippen molar-refractivity contribution >= 4 is 17.3 Å². The summed E-state index contributed by atoms with van der Waals surface area (Å²) in [4.78, 5) is 28.5. The van der Waals surface area contributed by atoms with Gasteiger partial charge in [0.2, 0.25) is 0 Å². The van der Waals surface area contributed by atoms with Crippen molar-refractivity contribution in [1.29, 1.82) is 0 Å². The number of esters is 1. The summed E-state index contributed by atoms with van der Waals surface area (Å²) in [5, 5.41) is 3.24. The van der Waals surface area contributed by atoms with E-state index in [0.717, 1.165) is 16.8 Å². The molecule has 0 fully saturated rings. The van der Waals surface area contributed by atoms with Crippen molar-refractivity contribution in [2.45, 2.75) is 20.4 Å². The number of fused-ring (bicyclic) bond motifs is 1. The molecule has 3 aromatic rings.